The zero-order chi connectivity index (χ0) is 27.4. The number of piperazine rings is 1. The normalized spacial score (nSPS) is 19.1. The van der Waals surface area contributed by atoms with Crippen LogP contribution in [0, 0.1) is 0 Å². The number of hydrogen-bond acceptors (Lipinski definition) is 4. The minimum atomic E-state index is -0.864. The van der Waals surface area contributed by atoms with Crippen molar-refractivity contribution >= 4 is 27.8 Å². The van der Waals surface area contributed by atoms with Crippen molar-refractivity contribution in [1.29, 1.82) is 0 Å². The first-order valence-electron chi connectivity index (χ1n) is 15.0. The zero-order valence-electron chi connectivity index (χ0n) is 23.8. The highest BCUT2D eigenvalue weighted by molar-refractivity contribution is 6.05. The Morgan fingerprint density at radius 1 is 0.975 bits per heavy atom. The van der Waals surface area contributed by atoms with Crippen LogP contribution in [-0.4, -0.2) is 70.3 Å². The topological polar surface area (TPSA) is 62.9 Å². The fraction of sp³-hybridized carbons (Fsp3) is 0.485. The van der Waals surface area contributed by atoms with Crippen molar-refractivity contribution in [3.63, 3.8) is 0 Å². The summed E-state index contributed by atoms with van der Waals surface area (Å²) in [4.78, 5) is 17.0. The van der Waals surface area contributed by atoms with Gasteiger partial charge in [-0.1, -0.05) is 25.3 Å². The largest absolute Gasteiger partial charge is 0.496 e. The third-order valence-electron chi connectivity index (χ3n) is 9.67. The van der Waals surface area contributed by atoms with Crippen molar-refractivity contribution in [2.75, 3.05) is 40.3 Å². The number of benzene rings is 2. The Balaban J connectivity index is 1.47. The van der Waals surface area contributed by atoms with Crippen molar-refractivity contribution in [3.8, 4) is 17.0 Å². The molecule has 1 saturated carbocycles. The Kier molecular flexibility index (Phi) is 6.59. The molecule has 4 aromatic rings. The number of hydrogen-bond donors (Lipinski definition) is 1. The lowest BCUT2D eigenvalue weighted by Crippen LogP contribution is -2.43. The van der Waals surface area contributed by atoms with Gasteiger partial charge in [0.15, 0.2) is 0 Å². The van der Waals surface area contributed by atoms with E-state index in [1.807, 2.05) is 6.07 Å². The monoisotopic (exact) mass is 540 g/mol. The number of methoxy groups -OCH3 is 1. The van der Waals surface area contributed by atoms with Crippen molar-refractivity contribution in [2.45, 2.75) is 64.1 Å². The summed E-state index contributed by atoms with van der Waals surface area (Å²) < 4.78 is 10.9. The third kappa shape index (κ3) is 4.22. The fourth-order valence-electron chi connectivity index (χ4n) is 7.64. The molecule has 2 fully saturated rings. The number of aryl methyl sites for hydroxylation is 2. The smallest absolute Gasteiger partial charge is 0.335 e. The Labute approximate surface area is 235 Å². The molecular weight excluding hydrogens is 500 g/mol. The lowest BCUT2D eigenvalue weighted by Gasteiger charge is -2.32. The maximum atomic E-state index is 12.0. The summed E-state index contributed by atoms with van der Waals surface area (Å²) in [6.45, 7) is 7.09. The molecule has 2 aromatic carbocycles. The second kappa shape index (κ2) is 10.3. The van der Waals surface area contributed by atoms with Gasteiger partial charge in [0.1, 0.15) is 5.75 Å². The van der Waals surface area contributed by atoms with E-state index in [0.717, 1.165) is 63.5 Å². The summed E-state index contributed by atoms with van der Waals surface area (Å²) in [5.41, 5.74) is 8.02. The molecule has 2 aliphatic heterocycles. The van der Waals surface area contributed by atoms with Crippen LogP contribution in [0.5, 0.6) is 5.75 Å². The lowest BCUT2D eigenvalue weighted by atomic mass is 9.81. The average Bonchev–Trinajstić information content (AvgIpc) is 3.48. The minimum Gasteiger partial charge on any atom is -0.496 e. The van der Waals surface area contributed by atoms with E-state index in [1.54, 1.807) is 13.2 Å². The second-order valence-corrected chi connectivity index (χ2v) is 12.1. The maximum Gasteiger partial charge on any atom is 0.335 e. The van der Waals surface area contributed by atoms with E-state index in [9.17, 15) is 9.90 Å². The molecule has 1 saturated heterocycles. The first-order chi connectivity index (χ1) is 19.5. The number of nitrogens with zero attached hydrogens (tertiary/aromatic N) is 4. The van der Waals surface area contributed by atoms with E-state index in [0.29, 0.717) is 11.5 Å². The summed E-state index contributed by atoms with van der Waals surface area (Å²) in [5, 5.41) is 12.3. The highest BCUT2D eigenvalue weighted by Crippen LogP contribution is 2.48. The molecule has 0 spiro atoms. The minimum absolute atomic E-state index is 0.364. The summed E-state index contributed by atoms with van der Waals surface area (Å²) in [7, 11) is 3.99. The standard InChI is InChI=1S/C33H40N4O3/c1-34-15-17-35(18-16-34)20-24-21-36-13-6-14-37-27-19-23(33(38)39)9-10-25(27)29(22-7-4-3-5-8-22)32(37)26-11-12-28(40-2)30(24)31(26)36/h9-12,19,21-22H,3-8,13-18,20H2,1-2H3,(H,38,39). The molecule has 0 bridgehead atoms. The molecule has 7 rings (SSSR count). The highest BCUT2D eigenvalue weighted by Gasteiger charge is 2.30. The van der Waals surface area contributed by atoms with Gasteiger partial charge in [-0.05, 0) is 67.6 Å². The number of carbonyl (C=O) groups is 1. The molecule has 0 amide bonds. The first-order valence-corrected chi connectivity index (χ1v) is 15.0. The van der Waals surface area contributed by atoms with Crippen LogP contribution in [-0.2, 0) is 19.6 Å². The number of aromatic carboxylic acids is 1. The van der Waals surface area contributed by atoms with Gasteiger partial charge in [-0.15, -0.1) is 0 Å². The molecule has 0 atom stereocenters. The van der Waals surface area contributed by atoms with Gasteiger partial charge in [0.25, 0.3) is 0 Å². The number of ether oxygens (including phenoxy) is 1. The third-order valence-corrected chi connectivity index (χ3v) is 9.67. The van der Waals surface area contributed by atoms with Crippen LogP contribution < -0.4 is 4.74 Å². The summed E-state index contributed by atoms with van der Waals surface area (Å²) in [6.07, 6.45) is 9.59. The number of rotatable bonds is 5. The van der Waals surface area contributed by atoms with Gasteiger partial charge in [-0.2, -0.15) is 0 Å². The van der Waals surface area contributed by atoms with Crippen LogP contribution in [0.1, 0.15) is 65.9 Å². The molecular formula is C33H40N4O3. The summed E-state index contributed by atoms with van der Waals surface area (Å²) >= 11 is 0. The van der Waals surface area contributed by atoms with Crippen LogP contribution in [0.4, 0.5) is 0 Å². The number of aromatic nitrogens is 2. The van der Waals surface area contributed by atoms with E-state index in [4.69, 9.17) is 4.74 Å². The quantitative estimate of drug-likeness (QED) is 0.328. The molecule has 1 aliphatic carbocycles. The fourth-order valence-corrected chi connectivity index (χ4v) is 7.64. The average molecular weight is 541 g/mol. The molecule has 2 aromatic heterocycles. The van der Waals surface area contributed by atoms with Gasteiger partial charge in [-0.25, -0.2) is 4.79 Å². The van der Waals surface area contributed by atoms with Crippen LogP contribution in [0.25, 0.3) is 33.1 Å². The molecule has 4 heterocycles. The maximum absolute atomic E-state index is 12.0. The number of carboxylic acids is 1. The number of carboxylic acid groups (broad SMARTS) is 1. The van der Waals surface area contributed by atoms with E-state index in [-0.39, 0.29) is 0 Å². The Morgan fingerprint density at radius 2 is 1.77 bits per heavy atom. The molecule has 7 heteroatoms. The van der Waals surface area contributed by atoms with Gasteiger partial charge in [0.2, 0.25) is 0 Å². The molecule has 3 aliphatic rings. The van der Waals surface area contributed by atoms with Gasteiger partial charge < -0.3 is 23.9 Å². The zero-order valence-corrected chi connectivity index (χ0v) is 23.8. The molecule has 0 unspecified atom stereocenters. The van der Waals surface area contributed by atoms with E-state index in [1.165, 1.54) is 70.8 Å². The Hall–Kier alpha value is -3.29. The summed E-state index contributed by atoms with van der Waals surface area (Å²) in [5.74, 6) is 0.571. The van der Waals surface area contributed by atoms with Gasteiger partial charge in [-0.3, -0.25) is 4.90 Å². The molecule has 7 nitrogen and oxygen atoms in total. The van der Waals surface area contributed by atoms with Gasteiger partial charge in [0.05, 0.1) is 23.9 Å². The van der Waals surface area contributed by atoms with Crippen molar-refractivity contribution < 1.29 is 14.6 Å². The van der Waals surface area contributed by atoms with Crippen LogP contribution >= 0.6 is 0 Å². The summed E-state index contributed by atoms with van der Waals surface area (Å²) in [6, 6.07) is 10.2. The SMILES string of the molecule is COc1ccc2c3c1c(CN1CCN(C)CC1)cn3CCCn1c-2c(C2CCCCC2)c2ccc(C(=O)O)cc21. The van der Waals surface area contributed by atoms with Gasteiger partial charge >= 0.3 is 5.97 Å². The van der Waals surface area contributed by atoms with Crippen molar-refractivity contribution in [2.24, 2.45) is 0 Å². The van der Waals surface area contributed by atoms with Gasteiger partial charge in [0, 0.05) is 73.9 Å². The van der Waals surface area contributed by atoms with E-state index < -0.39 is 5.97 Å². The van der Waals surface area contributed by atoms with E-state index >= 15 is 0 Å². The predicted molar refractivity (Wildman–Crippen MR) is 160 cm³/mol. The number of likely N-dealkylation sites (N-methyl/N-ethyl adjacent to an activating group) is 1. The first kappa shape index (κ1) is 25.7. The molecule has 0 radical (unpaired) electrons. The second-order valence-electron chi connectivity index (χ2n) is 12.1. The number of fused-ring (bicyclic) bond motifs is 4. The van der Waals surface area contributed by atoms with Crippen molar-refractivity contribution in [3.05, 3.63) is 53.2 Å². The van der Waals surface area contributed by atoms with Crippen LogP contribution in [0.15, 0.2) is 36.5 Å². The van der Waals surface area contributed by atoms with Crippen molar-refractivity contribution in [1.82, 2.24) is 18.9 Å². The lowest BCUT2D eigenvalue weighted by molar-refractivity contribution is 0.0697. The van der Waals surface area contributed by atoms with E-state index in [2.05, 4.69) is 50.4 Å². The Bertz CT molecular complexity index is 1580. The molecule has 40 heavy (non-hydrogen) atoms. The van der Waals surface area contributed by atoms with Crippen LogP contribution in [0.2, 0.25) is 0 Å². The van der Waals surface area contributed by atoms with Crippen LogP contribution in [0.3, 0.4) is 0 Å². The highest BCUT2D eigenvalue weighted by atomic mass is 16.5. The molecule has 1 N–H and O–H groups in total. The molecule has 210 valence electrons. The Morgan fingerprint density at radius 3 is 2.52 bits per heavy atom. The predicted octanol–water partition coefficient (Wildman–Crippen LogP) is 6.17.